The quantitative estimate of drug-likeness (QED) is 0.865. The van der Waals surface area contributed by atoms with Crippen LogP contribution in [-0.2, 0) is 9.53 Å². The van der Waals surface area contributed by atoms with Crippen LogP contribution >= 0.6 is 27.5 Å². The van der Waals surface area contributed by atoms with Crippen molar-refractivity contribution in [1.29, 1.82) is 0 Å². The van der Waals surface area contributed by atoms with Crippen LogP contribution in [0.4, 0.5) is 0 Å². The number of methoxy groups -OCH3 is 1. The predicted octanol–water partition coefficient (Wildman–Crippen LogP) is 3.31. The number of benzene rings is 1. The van der Waals surface area contributed by atoms with E-state index in [0.717, 1.165) is 4.47 Å². The van der Waals surface area contributed by atoms with Gasteiger partial charge in [-0.2, -0.15) is 0 Å². The van der Waals surface area contributed by atoms with Gasteiger partial charge in [-0.25, -0.2) is 4.79 Å². The molecule has 0 saturated carbocycles. The monoisotopic (exact) mass is 319 g/mol. The fraction of sp³-hybridized carbons (Fsp3) is 0.417. The van der Waals surface area contributed by atoms with Crippen molar-refractivity contribution in [2.45, 2.75) is 25.9 Å². The molecule has 1 aromatic carbocycles. The molecule has 94 valence electrons. The number of hydrogen-bond acceptors (Lipinski definition) is 3. The number of rotatable bonds is 4. The molecule has 0 aliphatic heterocycles. The van der Waals surface area contributed by atoms with Gasteiger partial charge in [0, 0.05) is 15.5 Å². The summed E-state index contributed by atoms with van der Waals surface area (Å²) in [4.78, 5) is 11.8. The Morgan fingerprint density at radius 1 is 1.47 bits per heavy atom. The molecule has 0 bridgehead atoms. The Hall–Kier alpha value is -0.580. The summed E-state index contributed by atoms with van der Waals surface area (Å²) < 4.78 is 5.66. The summed E-state index contributed by atoms with van der Waals surface area (Å²) in [6.07, 6.45) is 0. The Morgan fingerprint density at radius 3 is 2.65 bits per heavy atom. The minimum atomic E-state index is -0.551. The predicted molar refractivity (Wildman–Crippen MR) is 72.2 cm³/mol. The molecule has 1 rings (SSSR count). The van der Waals surface area contributed by atoms with Gasteiger partial charge in [-0.3, -0.25) is 5.32 Å². The maximum atomic E-state index is 11.8. The van der Waals surface area contributed by atoms with Gasteiger partial charge in [0.1, 0.15) is 6.04 Å². The molecule has 0 heterocycles. The number of esters is 1. The zero-order valence-corrected chi connectivity index (χ0v) is 12.3. The van der Waals surface area contributed by atoms with Crippen LogP contribution in [0, 0.1) is 0 Å². The van der Waals surface area contributed by atoms with Crippen molar-refractivity contribution in [3.63, 3.8) is 0 Å². The average molecular weight is 321 g/mol. The van der Waals surface area contributed by atoms with E-state index in [1.165, 1.54) is 7.11 Å². The SMILES string of the molecule is COC(=O)C(NC(C)C)c1cc(Br)ccc1Cl. The molecule has 0 aliphatic rings. The van der Waals surface area contributed by atoms with Crippen LogP contribution in [0.2, 0.25) is 5.02 Å². The molecule has 1 N–H and O–H groups in total. The lowest BCUT2D eigenvalue weighted by atomic mass is 10.1. The molecule has 0 spiro atoms. The summed E-state index contributed by atoms with van der Waals surface area (Å²) in [5.74, 6) is -0.348. The number of hydrogen-bond donors (Lipinski definition) is 1. The normalized spacial score (nSPS) is 12.6. The highest BCUT2D eigenvalue weighted by atomic mass is 79.9. The molecule has 0 amide bonds. The van der Waals surface area contributed by atoms with Gasteiger partial charge in [0.2, 0.25) is 0 Å². The lowest BCUT2D eigenvalue weighted by Gasteiger charge is -2.20. The molecule has 0 fully saturated rings. The van der Waals surface area contributed by atoms with Crippen molar-refractivity contribution >= 4 is 33.5 Å². The first-order valence-corrected chi connectivity index (χ1v) is 6.41. The second-order valence-corrected chi connectivity index (χ2v) is 5.27. The Morgan fingerprint density at radius 2 is 2.12 bits per heavy atom. The Kier molecular flexibility index (Phi) is 5.43. The highest BCUT2D eigenvalue weighted by molar-refractivity contribution is 9.10. The Balaban J connectivity index is 3.11. The zero-order chi connectivity index (χ0) is 13.0. The summed E-state index contributed by atoms with van der Waals surface area (Å²) >= 11 is 9.47. The van der Waals surface area contributed by atoms with Gasteiger partial charge in [0.15, 0.2) is 0 Å². The summed E-state index contributed by atoms with van der Waals surface area (Å²) in [5, 5.41) is 3.67. The molecule has 1 unspecified atom stereocenters. The highest BCUT2D eigenvalue weighted by Gasteiger charge is 2.24. The standard InChI is InChI=1S/C12H15BrClNO2/c1-7(2)15-11(12(16)17-3)9-6-8(13)4-5-10(9)14/h4-7,11,15H,1-3H3. The largest absolute Gasteiger partial charge is 0.468 e. The zero-order valence-electron chi connectivity index (χ0n) is 9.96. The van der Waals surface area contributed by atoms with Crippen LogP contribution in [0.1, 0.15) is 25.5 Å². The second kappa shape index (κ2) is 6.38. The number of carbonyl (C=O) groups excluding carboxylic acids is 1. The first-order valence-electron chi connectivity index (χ1n) is 5.24. The van der Waals surface area contributed by atoms with E-state index in [-0.39, 0.29) is 12.0 Å². The van der Waals surface area contributed by atoms with Gasteiger partial charge >= 0.3 is 5.97 Å². The lowest BCUT2D eigenvalue weighted by molar-refractivity contribution is -0.143. The molecule has 0 radical (unpaired) electrons. The fourth-order valence-electron chi connectivity index (χ4n) is 1.47. The molecule has 1 aromatic rings. The molecular formula is C12H15BrClNO2. The minimum Gasteiger partial charge on any atom is -0.468 e. The molecule has 0 aromatic heterocycles. The summed E-state index contributed by atoms with van der Waals surface area (Å²) in [7, 11) is 1.36. The summed E-state index contributed by atoms with van der Waals surface area (Å²) in [5.41, 5.74) is 0.710. The van der Waals surface area contributed by atoms with Gasteiger partial charge in [0.05, 0.1) is 7.11 Å². The van der Waals surface area contributed by atoms with Crippen LogP contribution < -0.4 is 5.32 Å². The first kappa shape index (κ1) is 14.5. The van der Waals surface area contributed by atoms with E-state index in [2.05, 4.69) is 21.2 Å². The van der Waals surface area contributed by atoms with Gasteiger partial charge < -0.3 is 4.74 Å². The smallest absolute Gasteiger partial charge is 0.327 e. The molecule has 0 saturated heterocycles. The van der Waals surface area contributed by atoms with Crippen molar-refractivity contribution in [1.82, 2.24) is 5.32 Å². The maximum absolute atomic E-state index is 11.8. The van der Waals surface area contributed by atoms with Crippen molar-refractivity contribution in [2.24, 2.45) is 0 Å². The van der Waals surface area contributed by atoms with Crippen molar-refractivity contribution < 1.29 is 9.53 Å². The van der Waals surface area contributed by atoms with E-state index in [1.54, 1.807) is 6.07 Å². The van der Waals surface area contributed by atoms with Crippen molar-refractivity contribution in [3.8, 4) is 0 Å². The van der Waals surface area contributed by atoms with Crippen molar-refractivity contribution in [2.75, 3.05) is 7.11 Å². The van der Waals surface area contributed by atoms with Gasteiger partial charge in [-0.1, -0.05) is 27.5 Å². The lowest BCUT2D eigenvalue weighted by Crippen LogP contribution is -2.34. The van der Waals surface area contributed by atoms with Gasteiger partial charge in [0.25, 0.3) is 0 Å². The number of nitrogens with one attached hydrogen (secondary N) is 1. The third-order valence-corrected chi connectivity index (χ3v) is 3.04. The van der Waals surface area contributed by atoms with Crippen LogP contribution in [0.5, 0.6) is 0 Å². The minimum absolute atomic E-state index is 0.147. The topological polar surface area (TPSA) is 38.3 Å². The van der Waals surface area contributed by atoms with Crippen molar-refractivity contribution in [3.05, 3.63) is 33.3 Å². The van der Waals surface area contributed by atoms with Gasteiger partial charge in [-0.15, -0.1) is 0 Å². The van der Waals surface area contributed by atoms with E-state index >= 15 is 0 Å². The van der Waals surface area contributed by atoms with Crippen LogP contribution in [0.15, 0.2) is 22.7 Å². The first-order chi connectivity index (χ1) is 7.95. The van der Waals surface area contributed by atoms with E-state index in [1.807, 2.05) is 26.0 Å². The number of carbonyl (C=O) groups is 1. The van der Waals surface area contributed by atoms with E-state index in [4.69, 9.17) is 16.3 Å². The number of halogens is 2. The molecule has 17 heavy (non-hydrogen) atoms. The maximum Gasteiger partial charge on any atom is 0.327 e. The van der Waals surface area contributed by atoms with Crippen LogP contribution in [0.25, 0.3) is 0 Å². The fourth-order valence-corrected chi connectivity index (χ4v) is 2.08. The van der Waals surface area contributed by atoms with Crippen LogP contribution in [0.3, 0.4) is 0 Å². The average Bonchev–Trinajstić information content (AvgIpc) is 2.28. The molecular weight excluding hydrogens is 305 g/mol. The highest BCUT2D eigenvalue weighted by Crippen LogP contribution is 2.27. The van der Waals surface area contributed by atoms with E-state index in [0.29, 0.717) is 10.6 Å². The summed E-state index contributed by atoms with van der Waals surface area (Å²) in [6.45, 7) is 3.92. The molecule has 1 atom stereocenters. The Bertz CT molecular complexity index is 409. The third-order valence-electron chi connectivity index (χ3n) is 2.21. The number of ether oxygens (including phenoxy) is 1. The third kappa shape index (κ3) is 3.98. The van der Waals surface area contributed by atoms with E-state index < -0.39 is 6.04 Å². The molecule has 3 nitrogen and oxygen atoms in total. The van der Waals surface area contributed by atoms with Crippen LogP contribution in [-0.4, -0.2) is 19.1 Å². The Labute approximate surface area is 115 Å². The van der Waals surface area contributed by atoms with Gasteiger partial charge in [-0.05, 0) is 37.6 Å². The van der Waals surface area contributed by atoms with E-state index in [9.17, 15) is 4.79 Å². The molecule has 5 heteroatoms. The second-order valence-electron chi connectivity index (χ2n) is 3.94. The molecule has 0 aliphatic carbocycles. The summed E-state index contributed by atoms with van der Waals surface area (Å²) in [6, 6.07) is 4.99.